The Bertz CT molecular complexity index is 857. The van der Waals surface area contributed by atoms with Crippen LogP contribution in [0.25, 0.3) is 5.69 Å². The molecule has 0 atom stereocenters. The summed E-state index contributed by atoms with van der Waals surface area (Å²) in [7, 11) is 2.15. The molecule has 0 saturated carbocycles. The Labute approximate surface area is 174 Å². The smallest absolute Gasteiger partial charge is 0.417 e. The number of piperazine rings is 1. The number of alkyl halides is 3. The summed E-state index contributed by atoms with van der Waals surface area (Å²) in [5.74, 6) is 0.637. The summed E-state index contributed by atoms with van der Waals surface area (Å²) in [6, 6.07) is 8.24. The maximum absolute atomic E-state index is 12.9. The average molecular weight is 423 g/mol. The van der Waals surface area contributed by atoms with Gasteiger partial charge in [-0.05, 0) is 63.2 Å². The fourth-order valence-electron chi connectivity index (χ4n) is 3.44. The number of nitrogens with zero attached hydrogens (tertiary/aromatic N) is 3. The molecule has 2 aromatic rings. The van der Waals surface area contributed by atoms with Gasteiger partial charge in [0.25, 0.3) is 5.56 Å². The molecule has 1 aromatic heterocycles. The molecule has 1 aliphatic rings. The number of unbranched alkanes of at least 4 members (excludes halogenated alkanes) is 2. The first-order chi connectivity index (χ1) is 14.3. The molecule has 3 rings (SSSR count). The Balaban J connectivity index is 1.43. The molecule has 0 bridgehead atoms. The highest BCUT2D eigenvalue weighted by atomic mass is 19.4. The predicted octanol–water partition coefficient (Wildman–Crippen LogP) is 3.65. The topological polar surface area (TPSA) is 37.7 Å². The van der Waals surface area contributed by atoms with Crippen LogP contribution in [0, 0.1) is 0 Å². The van der Waals surface area contributed by atoms with Gasteiger partial charge in [-0.2, -0.15) is 13.2 Å². The second kappa shape index (κ2) is 10.1. The molecule has 5 nitrogen and oxygen atoms in total. The lowest BCUT2D eigenvalue weighted by Gasteiger charge is -2.32. The monoisotopic (exact) mass is 423 g/mol. The molecule has 30 heavy (non-hydrogen) atoms. The van der Waals surface area contributed by atoms with Crippen molar-refractivity contribution in [3.05, 3.63) is 58.5 Å². The van der Waals surface area contributed by atoms with Crippen molar-refractivity contribution in [3.8, 4) is 11.4 Å². The van der Waals surface area contributed by atoms with Crippen LogP contribution in [0.2, 0.25) is 0 Å². The van der Waals surface area contributed by atoms with Gasteiger partial charge in [-0.15, -0.1) is 0 Å². The summed E-state index contributed by atoms with van der Waals surface area (Å²) in [5, 5.41) is 0. The normalized spacial score (nSPS) is 16.0. The quantitative estimate of drug-likeness (QED) is 0.608. The minimum absolute atomic E-state index is 0.366. The van der Waals surface area contributed by atoms with Crippen molar-refractivity contribution in [1.82, 2.24) is 14.4 Å². The van der Waals surface area contributed by atoms with Crippen LogP contribution in [-0.4, -0.2) is 60.7 Å². The molecule has 0 spiro atoms. The van der Waals surface area contributed by atoms with Gasteiger partial charge in [0.1, 0.15) is 5.75 Å². The minimum atomic E-state index is -4.50. The van der Waals surface area contributed by atoms with E-state index in [2.05, 4.69) is 16.8 Å². The minimum Gasteiger partial charge on any atom is -0.494 e. The highest BCUT2D eigenvalue weighted by Gasteiger charge is 2.31. The zero-order chi connectivity index (χ0) is 21.6. The van der Waals surface area contributed by atoms with E-state index in [-0.39, 0.29) is 0 Å². The summed E-state index contributed by atoms with van der Waals surface area (Å²) in [4.78, 5) is 16.8. The standard InChI is InChI=1S/C22H28F3N3O2/c1-26-12-14-27(15-13-26)11-3-2-4-16-30-20-8-6-19(7-9-20)28-17-18(22(23,24)25)5-10-21(28)29/h5-10,17H,2-4,11-16H2,1H3. The number of hydrogen-bond donors (Lipinski definition) is 0. The summed E-state index contributed by atoms with van der Waals surface area (Å²) in [6.07, 6.45) is -0.501. The number of halogens is 3. The van der Waals surface area contributed by atoms with Gasteiger partial charge in [-0.3, -0.25) is 9.36 Å². The van der Waals surface area contributed by atoms with E-state index >= 15 is 0 Å². The third kappa shape index (κ3) is 6.34. The largest absolute Gasteiger partial charge is 0.494 e. The Kier molecular flexibility index (Phi) is 7.55. The summed E-state index contributed by atoms with van der Waals surface area (Å²) < 4.78 is 45.4. The second-order valence-electron chi connectivity index (χ2n) is 7.67. The number of benzene rings is 1. The van der Waals surface area contributed by atoms with Crippen LogP contribution in [0.1, 0.15) is 24.8 Å². The molecular weight excluding hydrogens is 395 g/mol. The van der Waals surface area contributed by atoms with Crippen molar-refractivity contribution in [2.45, 2.75) is 25.4 Å². The van der Waals surface area contributed by atoms with Gasteiger partial charge in [0, 0.05) is 44.1 Å². The van der Waals surface area contributed by atoms with E-state index in [0.717, 1.165) is 74.9 Å². The van der Waals surface area contributed by atoms with E-state index in [1.807, 2.05) is 0 Å². The molecule has 0 aliphatic carbocycles. The molecule has 8 heteroatoms. The van der Waals surface area contributed by atoms with E-state index in [1.165, 1.54) is 0 Å². The van der Waals surface area contributed by atoms with Crippen molar-refractivity contribution in [2.24, 2.45) is 0 Å². The molecular formula is C22H28F3N3O2. The maximum Gasteiger partial charge on any atom is 0.417 e. The van der Waals surface area contributed by atoms with E-state index in [0.29, 0.717) is 18.0 Å². The van der Waals surface area contributed by atoms with E-state index in [1.54, 1.807) is 24.3 Å². The van der Waals surface area contributed by atoms with Crippen LogP contribution in [0.15, 0.2) is 47.4 Å². The molecule has 1 fully saturated rings. The molecule has 2 heterocycles. The average Bonchev–Trinajstić information content (AvgIpc) is 2.72. The molecule has 1 aliphatic heterocycles. The highest BCUT2D eigenvalue weighted by molar-refractivity contribution is 5.38. The lowest BCUT2D eigenvalue weighted by atomic mass is 10.2. The summed E-state index contributed by atoms with van der Waals surface area (Å²) in [5.41, 5.74) is -1.01. The number of aromatic nitrogens is 1. The molecule has 0 unspecified atom stereocenters. The van der Waals surface area contributed by atoms with Crippen molar-refractivity contribution in [1.29, 1.82) is 0 Å². The number of likely N-dealkylation sites (N-methyl/N-ethyl adjacent to an activating group) is 1. The van der Waals surface area contributed by atoms with E-state index in [9.17, 15) is 18.0 Å². The Hall–Kier alpha value is -2.32. The van der Waals surface area contributed by atoms with E-state index in [4.69, 9.17) is 4.74 Å². The van der Waals surface area contributed by atoms with Crippen LogP contribution in [0.5, 0.6) is 5.75 Å². The van der Waals surface area contributed by atoms with Gasteiger partial charge < -0.3 is 14.5 Å². The fraction of sp³-hybridized carbons (Fsp3) is 0.500. The number of hydrogen-bond acceptors (Lipinski definition) is 4. The van der Waals surface area contributed by atoms with Gasteiger partial charge in [-0.1, -0.05) is 0 Å². The van der Waals surface area contributed by atoms with Crippen molar-refractivity contribution in [2.75, 3.05) is 46.4 Å². The lowest BCUT2D eigenvalue weighted by molar-refractivity contribution is -0.138. The highest BCUT2D eigenvalue weighted by Crippen LogP contribution is 2.28. The number of ether oxygens (including phenoxy) is 1. The second-order valence-corrected chi connectivity index (χ2v) is 7.67. The van der Waals surface area contributed by atoms with Crippen LogP contribution < -0.4 is 10.3 Å². The van der Waals surface area contributed by atoms with Gasteiger partial charge >= 0.3 is 6.18 Å². The third-order valence-electron chi connectivity index (χ3n) is 5.34. The van der Waals surface area contributed by atoms with Crippen LogP contribution in [-0.2, 0) is 6.18 Å². The molecule has 0 radical (unpaired) electrons. The van der Waals surface area contributed by atoms with Gasteiger partial charge in [-0.25, -0.2) is 0 Å². The molecule has 0 amide bonds. The zero-order valence-electron chi connectivity index (χ0n) is 17.2. The first kappa shape index (κ1) is 22.4. The van der Waals surface area contributed by atoms with Crippen molar-refractivity contribution in [3.63, 3.8) is 0 Å². The summed E-state index contributed by atoms with van der Waals surface area (Å²) in [6.45, 7) is 6.24. The van der Waals surface area contributed by atoms with Gasteiger partial charge in [0.15, 0.2) is 0 Å². The van der Waals surface area contributed by atoms with Crippen molar-refractivity contribution >= 4 is 0 Å². The molecule has 1 saturated heterocycles. The van der Waals surface area contributed by atoms with Crippen molar-refractivity contribution < 1.29 is 17.9 Å². The van der Waals surface area contributed by atoms with Crippen LogP contribution in [0.4, 0.5) is 13.2 Å². The van der Waals surface area contributed by atoms with Gasteiger partial charge in [0.05, 0.1) is 12.2 Å². The SMILES string of the molecule is CN1CCN(CCCCCOc2ccc(-n3cc(C(F)(F)F)ccc3=O)cc2)CC1. The third-order valence-corrected chi connectivity index (χ3v) is 5.34. The Morgan fingerprint density at radius 3 is 2.30 bits per heavy atom. The zero-order valence-corrected chi connectivity index (χ0v) is 17.2. The Morgan fingerprint density at radius 1 is 0.933 bits per heavy atom. The summed E-state index contributed by atoms with van der Waals surface area (Å²) >= 11 is 0. The van der Waals surface area contributed by atoms with Crippen LogP contribution in [0.3, 0.4) is 0 Å². The molecule has 1 aromatic carbocycles. The van der Waals surface area contributed by atoms with Gasteiger partial charge in [0.2, 0.25) is 0 Å². The Morgan fingerprint density at radius 2 is 1.63 bits per heavy atom. The molecule has 0 N–H and O–H groups in total. The number of pyridine rings is 1. The molecule has 164 valence electrons. The first-order valence-electron chi connectivity index (χ1n) is 10.3. The lowest BCUT2D eigenvalue weighted by Crippen LogP contribution is -2.44. The predicted molar refractivity (Wildman–Crippen MR) is 110 cm³/mol. The number of rotatable bonds is 8. The van der Waals surface area contributed by atoms with E-state index < -0.39 is 17.3 Å². The maximum atomic E-state index is 12.9. The van der Waals surface area contributed by atoms with Crippen LogP contribution >= 0.6 is 0 Å². The fourth-order valence-corrected chi connectivity index (χ4v) is 3.44. The first-order valence-corrected chi connectivity index (χ1v) is 10.3.